The minimum absolute atomic E-state index is 0.0518. The lowest BCUT2D eigenvalue weighted by Crippen LogP contribution is -2.43. The van der Waals surface area contributed by atoms with Gasteiger partial charge in [0.25, 0.3) is 0 Å². The largest absolute Gasteiger partial charge is 0.355 e. The van der Waals surface area contributed by atoms with E-state index in [1.807, 2.05) is 18.9 Å². The van der Waals surface area contributed by atoms with Gasteiger partial charge >= 0.3 is 0 Å². The molecule has 0 aromatic rings. The molecule has 0 aliphatic heterocycles. The number of amides is 1. The first kappa shape index (κ1) is 14.0. The minimum atomic E-state index is 0.0518. The Hall–Kier alpha value is -1.08. The Kier molecular flexibility index (Phi) is 5.99. The van der Waals surface area contributed by atoms with Crippen molar-refractivity contribution in [3.05, 3.63) is 0 Å². The number of hydrogen-bond acceptors (Lipinski definition) is 3. The van der Waals surface area contributed by atoms with Crippen molar-refractivity contribution in [3.8, 4) is 6.07 Å². The molecule has 1 aliphatic rings. The van der Waals surface area contributed by atoms with Crippen molar-refractivity contribution >= 4 is 5.91 Å². The first-order chi connectivity index (χ1) is 8.19. The molecule has 2 unspecified atom stereocenters. The zero-order chi connectivity index (χ0) is 12.7. The van der Waals surface area contributed by atoms with Crippen molar-refractivity contribution < 1.29 is 4.79 Å². The van der Waals surface area contributed by atoms with Gasteiger partial charge in [-0.2, -0.15) is 5.26 Å². The van der Waals surface area contributed by atoms with E-state index in [1.54, 1.807) is 0 Å². The van der Waals surface area contributed by atoms with Gasteiger partial charge in [0, 0.05) is 12.6 Å². The van der Waals surface area contributed by atoms with E-state index in [9.17, 15) is 10.1 Å². The van der Waals surface area contributed by atoms with Crippen LogP contribution < -0.4 is 5.32 Å². The van der Waals surface area contributed by atoms with E-state index >= 15 is 0 Å². The summed E-state index contributed by atoms with van der Waals surface area (Å²) in [5, 5.41) is 12.0. The quantitative estimate of drug-likeness (QED) is 0.754. The fourth-order valence-electron chi connectivity index (χ4n) is 2.56. The molecular formula is C13H23N3O. The predicted molar refractivity (Wildman–Crippen MR) is 67.3 cm³/mol. The zero-order valence-corrected chi connectivity index (χ0v) is 10.9. The van der Waals surface area contributed by atoms with E-state index in [1.165, 1.54) is 12.8 Å². The second-order valence-corrected chi connectivity index (χ2v) is 4.81. The average molecular weight is 237 g/mol. The summed E-state index contributed by atoms with van der Waals surface area (Å²) in [6, 6.07) is 2.65. The summed E-state index contributed by atoms with van der Waals surface area (Å²) in [4.78, 5) is 13.6. The highest BCUT2D eigenvalue weighted by atomic mass is 16.2. The van der Waals surface area contributed by atoms with Gasteiger partial charge in [-0.3, -0.25) is 9.69 Å². The van der Waals surface area contributed by atoms with Crippen LogP contribution in [0, 0.1) is 17.2 Å². The molecule has 2 atom stereocenters. The van der Waals surface area contributed by atoms with E-state index in [4.69, 9.17) is 0 Å². The molecule has 1 rings (SSSR count). The number of rotatable bonds is 4. The van der Waals surface area contributed by atoms with Crippen molar-refractivity contribution in [2.24, 2.45) is 5.92 Å². The van der Waals surface area contributed by atoms with Crippen LogP contribution in [0.25, 0.3) is 0 Å². The Bertz CT molecular complexity index is 285. The Morgan fingerprint density at radius 3 is 2.76 bits per heavy atom. The third-order valence-corrected chi connectivity index (χ3v) is 3.48. The Balaban J connectivity index is 2.55. The number of hydrogen-bond donors (Lipinski definition) is 1. The summed E-state index contributed by atoms with van der Waals surface area (Å²) >= 11 is 0. The van der Waals surface area contributed by atoms with Gasteiger partial charge in [0.15, 0.2) is 0 Å². The third kappa shape index (κ3) is 4.35. The third-order valence-electron chi connectivity index (χ3n) is 3.48. The zero-order valence-electron chi connectivity index (χ0n) is 10.9. The number of nitrogens with zero attached hydrogens (tertiary/aromatic N) is 2. The molecular weight excluding hydrogens is 214 g/mol. The van der Waals surface area contributed by atoms with Crippen molar-refractivity contribution in [2.75, 3.05) is 20.1 Å². The van der Waals surface area contributed by atoms with E-state index in [-0.39, 0.29) is 17.9 Å². The molecule has 0 heterocycles. The summed E-state index contributed by atoms with van der Waals surface area (Å²) < 4.78 is 0. The van der Waals surface area contributed by atoms with Gasteiger partial charge < -0.3 is 5.32 Å². The van der Waals surface area contributed by atoms with E-state index in [0.29, 0.717) is 13.1 Å². The molecule has 1 aliphatic carbocycles. The molecule has 17 heavy (non-hydrogen) atoms. The van der Waals surface area contributed by atoms with E-state index < -0.39 is 0 Å². The molecule has 0 radical (unpaired) electrons. The standard InChI is InChI=1S/C13H23N3O/c1-3-15-13(17)10-16(2)12-8-6-4-5-7-11(12)9-14/h11-12H,3-8,10H2,1-2H3,(H,15,17). The number of likely N-dealkylation sites (N-methyl/N-ethyl adjacent to an activating group) is 2. The number of nitrogens with one attached hydrogen (secondary N) is 1. The average Bonchev–Trinajstić information content (AvgIpc) is 2.53. The Morgan fingerprint density at radius 1 is 1.41 bits per heavy atom. The van der Waals surface area contributed by atoms with Gasteiger partial charge in [-0.1, -0.05) is 19.3 Å². The molecule has 1 amide bonds. The van der Waals surface area contributed by atoms with E-state index in [0.717, 1.165) is 19.3 Å². The van der Waals surface area contributed by atoms with Gasteiger partial charge in [0.2, 0.25) is 5.91 Å². The molecule has 1 N–H and O–H groups in total. The lowest BCUT2D eigenvalue weighted by Gasteiger charge is -2.29. The molecule has 96 valence electrons. The van der Waals surface area contributed by atoms with Crippen LogP contribution in [0.1, 0.15) is 39.0 Å². The van der Waals surface area contributed by atoms with Crippen molar-refractivity contribution in [3.63, 3.8) is 0 Å². The molecule has 4 heteroatoms. The SMILES string of the molecule is CCNC(=O)CN(C)C1CCCCCC1C#N. The van der Waals surface area contributed by atoms with Gasteiger partial charge in [-0.15, -0.1) is 0 Å². The first-order valence-corrected chi connectivity index (χ1v) is 6.55. The normalized spacial score (nSPS) is 25.1. The van der Waals surface area contributed by atoms with Crippen LogP contribution in [0.5, 0.6) is 0 Å². The van der Waals surface area contributed by atoms with Crippen LogP contribution in [-0.4, -0.2) is 37.0 Å². The summed E-state index contributed by atoms with van der Waals surface area (Å²) in [6.07, 6.45) is 5.53. The highest BCUT2D eigenvalue weighted by Crippen LogP contribution is 2.26. The minimum Gasteiger partial charge on any atom is -0.355 e. The molecule has 0 saturated heterocycles. The number of carbonyl (C=O) groups excluding carboxylic acids is 1. The molecule has 4 nitrogen and oxygen atoms in total. The topological polar surface area (TPSA) is 56.1 Å². The Morgan fingerprint density at radius 2 is 2.12 bits per heavy atom. The maximum absolute atomic E-state index is 11.5. The van der Waals surface area contributed by atoms with Crippen molar-refractivity contribution in [2.45, 2.75) is 45.1 Å². The van der Waals surface area contributed by atoms with Crippen LogP contribution in [-0.2, 0) is 4.79 Å². The van der Waals surface area contributed by atoms with Crippen molar-refractivity contribution in [1.82, 2.24) is 10.2 Å². The summed E-state index contributed by atoms with van der Waals surface area (Å²) in [5.41, 5.74) is 0. The van der Waals surface area contributed by atoms with Crippen LogP contribution in [0.4, 0.5) is 0 Å². The van der Waals surface area contributed by atoms with Crippen LogP contribution in [0.15, 0.2) is 0 Å². The molecule has 0 aromatic heterocycles. The second kappa shape index (κ2) is 7.29. The smallest absolute Gasteiger partial charge is 0.234 e. The van der Waals surface area contributed by atoms with Gasteiger partial charge in [0.1, 0.15) is 0 Å². The lowest BCUT2D eigenvalue weighted by atomic mass is 9.95. The summed E-state index contributed by atoms with van der Waals surface area (Å²) in [7, 11) is 1.95. The fourth-order valence-corrected chi connectivity index (χ4v) is 2.56. The van der Waals surface area contributed by atoms with Crippen LogP contribution in [0.2, 0.25) is 0 Å². The second-order valence-electron chi connectivity index (χ2n) is 4.81. The number of nitriles is 1. The summed E-state index contributed by atoms with van der Waals surface area (Å²) in [6.45, 7) is 2.98. The van der Waals surface area contributed by atoms with Gasteiger partial charge in [-0.25, -0.2) is 0 Å². The highest BCUT2D eigenvalue weighted by Gasteiger charge is 2.27. The van der Waals surface area contributed by atoms with Crippen LogP contribution in [0.3, 0.4) is 0 Å². The molecule has 0 bridgehead atoms. The van der Waals surface area contributed by atoms with Gasteiger partial charge in [0.05, 0.1) is 18.5 Å². The first-order valence-electron chi connectivity index (χ1n) is 6.55. The highest BCUT2D eigenvalue weighted by molar-refractivity contribution is 5.77. The monoisotopic (exact) mass is 237 g/mol. The Labute approximate surface area is 104 Å². The van der Waals surface area contributed by atoms with E-state index in [2.05, 4.69) is 11.4 Å². The lowest BCUT2D eigenvalue weighted by molar-refractivity contribution is -0.122. The maximum Gasteiger partial charge on any atom is 0.234 e. The molecule has 0 spiro atoms. The predicted octanol–water partition coefficient (Wildman–Crippen LogP) is 1.53. The molecule has 1 fully saturated rings. The summed E-state index contributed by atoms with van der Waals surface area (Å²) in [5.74, 6) is 0.132. The van der Waals surface area contributed by atoms with Crippen molar-refractivity contribution in [1.29, 1.82) is 5.26 Å². The van der Waals surface area contributed by atoms with Crippen LogP contribution >= 0.6 is 0 Å². The fraction of sp³-hybridized carbons (Fsp3) is 0.846. The maximum atomic E-state index is 11.5. The van der Waals surface area contributed by atoms with Gasteiger partial charge in [-0.05, 0) is 26.8 Å². The number of carbonyl (C=O) groups is 1. The molecule has 0 aromatic carbocycles. The molecule has 1 saturated carbocycles.